The van der Waals surface area contributed by atoms with E-state index in [0.717, 1.165) is 45.6 Å². The average molecular weight is 430 g/mol. The Morgan fingerprint density at radius 2 is 1.93 bits per heavy atom. The number of aliphatic carboxylic acids is 1. The predicted molar refractivity (Wildman–Crippen MR) is 121 cm³/mol. The molecule has 0 aliphatic rings. The largest absolute Gasteiger partial charge is 0.493 e. The van der Waals surface area contributed by atoms with Crippen LogP contribution in [0.5, 0.6) is 11.5 Å². The van der Waals surface area contributed by atoms with Crippen LogP contribution < -0.4 is 9.47 Å². The van der Waals surface area contributed by atoms with Crippen molar-refractivity contribution >= 4 is 29.3 Å². The fraction of sp³-hybridized carbons (Fsp3) is 0.333. The van der Waals surface area contributed by atoms with Crippen molar-refractivity contribution in [2.75, 3.05) is 6.61 Å². The summed E-state index contributed by atoms with van der Waals surface area (Å²) in [5.74, 6) is 0.795. The zero-order valence-electron chi connectivity index (χ0n) is 17.6. The number of aromatic nitrogens is 1. The maximum absolute atomic E-state index is 10.7. The van der Waals surface area contributed by atoms with Crippen molar-refractivity contribution in [2.24, 2.45) is 0 Å². The first kappa shape index (κ1) is 23.5. The number of ether oxygens (including phenoxy) is 2. The highest BCUT2D eigenvalue weighted by Crippen LogP contribution is 2.25. The number of pyridine rings is 1. The van der Waals surface area contributed by atoms with Gasteiger partial charge in [-0.1, -0.05) is 24.3 Å². The highest BCUT2D eigenvalue weighted by atomic mass is 35.5. The van der Waals surface area contributed by atoms with Crippen molar-refractivity contribution < 1.29 is 19.4 Å². The van der Waals surface area contributed by atoms with Gasteiger partial charge in [-0.3, -0.25) is 4.79 Å². The maximum Gasteiger partial charge on any atom is 0.303 e. The number of hydrogen-bond donors (Lipinski definition) is 1. The lowest BCUT2D eigenvalue weighted by Crippen LogP contribution is -2.16. The van der Waals surface area contributed by atoms with Gasteiger partial charge in [-0.05, 0) is 62.6 Å². The number of rotatable bonds is 9. The fourth-order valence-electron chi connectivity index (χ4n) is 3.21. The van der Waals surface area contributed by atoms with Gasteiger partial charge >= 0.3 is 5.97 Å². The Bertz CT molecular complexity index is 1010. The Morgan fingerprint density at radius 1 is 1.13 bits per heavy atom. The normalized spacial score (nSPS) is 11.6. The highest BCUT2D eigenvalue weighted by Gasteiger charge is 2.10. The van der Waals surface area contributed by atoms with Crippen LogP contribution in [0.15, 0.2) is 48.5 Å². The summed E-state index contributed by atoms with van der Waals surface area (Å²) < 4.78 is 12.0. The molecule has 0 saturated carbocycles. The molecule has 0 radical (unpaired) electrons. The molecule has 1 atom stereocenters. The molecule has 0 bridgehead atoms. The number of fused-ring (bicyclic) bond motifs is 1. The van der Waals surface area contributed by atoms with E-state index < -0.39 is 5.97 Å². The van der Waals surface area contributed by atoms with Crippen molar-refractivity contribution in [1.82, 2.24) is 4.98 Å². The van der Waals surface area contributed by atoms with Gasteiger partial charge in [-0.25, -0.2) is 4.98 Å². The van der Waals surface area contributed by atoms with Gasteiger partial charge in [-0.2, -0.15) is 0 Å². The molecule has 3 rings (SSSR count). The molecule has 1 N–H and O–H groups in total. The molecule has 1 heterocycles. The van der Waals surface area contributed by atoms with E-state index >= 15 is 0 Å². The third-order valence-electron chi connectivity index (χ3n) is 4.87. The van der Waals surface area contributed by atoms with Crippen LogP contribution in [-0.4, -0.2) is 28.8 Å². The Balaban J connectivity index is 0.00000320. The molecule has 160 valence electrons. The number of aryl methyl sites for hydroxylation is 3. The van der Waals surface area contributed by atoms with E-state index in [1.165, 1.54) is 0 Å². The molecule has 0 aliphatic carbocycles. The van der Waals surface area contributed by atoms with E-state index in [-0.39, 0.29) is 24.9 Å². The van der Waals surface area contributed by atoms with Gasteiger partial charge in [0, 0.05) is 23.9 Å². The summed E-state index contributed by atoms with van der Waals surface area (Å²) in [6.07, 6.45) is 1.39. The van der Waals surface area contributed by atoms with Gasteiger partial charge in [0.25, 0.3) is 0 Å². The van der Waals surface area contributed by atoms with Crippen LogP contribution in [0.4, 0.5) is 0 Å². The van der Waals surface area contributed by atoms with Gasteiger partial charge < -0.3 is 14.6 Å². The lowest BCUT2D eigenvalue weighted by Gasteiger charge is -2.17. The van der Waals surface area contributed by atoms with Crippen molar-refractivity contribution in [3.8, 4) is 11.5 Å². The van der Waals surface area contributed by atoms with Crippen molar-refractivity contribution in [3.63, 3.8) is 0 Å². The molecule has 0 saturated heterocycles. The van der Waals surface area contributed by atoms with Crippen LogP contribution in [0, 0.1) is 13.8 Å². The van der Waals surface area contributed by atoms with Crippen LogP contribution in [0.1, 0.15) is 36.6 Å². The number of carboxylic acid groups (broad SMARTS) is 1. The summed E-state index contributed by atoms with van der Waals surface area (Å²) >= 11 is 0. The standard InChI is InChI=1S/C24H27NO4.ClH/c1-16-15-21(11-9-19(16)10-12-23(26)27)28-14-13-18(3)29-22-6-4-5-20-8-7-17(2)25-24(20)22;/h4-9,11,15,18H,10,12-14H2,1-3H3,(H,26,27);1H. The molecule has 30 heavy (non-hydrogen) atoms. The second-order valence-electron chi connectivity index (χ2n) is 7.33. The van der Waals surface area contributed by atoms with Crippen molar-refractivity contribution in [1.29, 1.82) is 0 Å². The van der Waals surface area contributed by atoms with Gasteiger partial charge in [0.15, 0.2) is 0 Å². The van der Waals surface area contributed by atoms with E-state index in [4.69, 9.17) is 14.6 Å². The third-order valence-corrected chi connectivity index (χ3v) is 4.87. The van der Waals surface area contributed by atoms with E-state index in [1.54, 1.807) is 0 Å². The SMILES string of the molecule is Cc1ccc2cccc(OC(C)CCOc3ccc(CCC(=O)O)c(C)c3)c2n1.Cl. The minimum absolute atomic E-state index is 0. The van der Waals surface area contributed by atoms with E-state index in [0.29, 0.717) is 13.0 Å². The van der Waals surface area contributed by atoms with Crippen LogP contribution in [-0.2, 0) is 11.2 Å². The first-order valence-electron chi connectivity index (χ1n) is 9.89. The molecule has 0 aliphatic heterocycles. The number of nitrogens with zero attached hydrogens (tertiary/aromatic N) is 1. The summed E-state index contributed by atoms with van der Waals surface area (Å²) in [6, 6.07) is 15.8. The molecular formula is C24H28ClNO4. The number of benzene rings is 2. The van der Waals surface area contributed by atoms with Gasteiger partial charge in [-0.15, -0.1) is 12.4 Å². The summed E-state index contributed by atoms with van der Waals surface area (Å²) in [7, 11) is 0. The van der Waals surface area contributed by atoms with Gasteiger partial charge in [0.05, 0.1) is 12.7 Å². The number of hydrogen-bond acceptors (Lipinski definition) is 4. The first-order valence-corrected chi connectivity index (χ1v) is 9.89. The zero-order chi connectivity index (χ0) is 20.8. The lowest BCUT2D eigenvalue weighted by atomic mass is 10.0. The zero-order valence-corrected chi connectivity index (χ0v) is 18.4. The highest BCUT2D eigenvalue weighted by molar-refractivity contribution is 5.85. The predicted octanol–water partition coefficient (Wildman–Crippen LogP) is 5.53. The Hall–Kier alpha value is -2.79. The quantitative estimate of drug-likeness (QED) is 0.484. The molecule has 0 spiro atoms. The molecule has 5 nitrogen and oxygen atoms in total. The summed E-state index contributed by atoms with van der Waals surface area (Å²) in [5.41, 5.74) is 3.93. The van der Waals surface area contributed by atoms with E-state index in [9.17, 15) is 4.79 Å². The minimum Gasteiger partial charge on any atom is -0.493 e. The van der Waals surface area contributed by atoms with Gasteiger partial charge in [0.1, 0.15) is 17.0 Å². The van der Waals surface area contributed by atoms with Crippen LogP contribution in [0.2, 0.25) is 0 Å². The van der Waals surface area contributed by atoms with E-state index in [2.05, 4.69) is 11.1 Å². The Morgan fingerprint density at radius 3 is 2.67 bits per heavy atom. The second kappa shape index (κ2) is 10.8. The molecule has 3 aromatic rings. The number of para-hydroxylation sites is 1. The minimum atomic E-state index is -0.782. The third kappa shape index (κ3) is 6.36. The summed E-state index contributed by atoms with van der Waals surface area (Å²) in [4.78, 5) is 15.3. The average Bonchev–Trinajstić information content (AvgIpc) is 2.67. The van der Waals surface area contributed by atoms with Crippen molar-refractivity contribution in [2.45, 2.75) is 46.1 Å². The number of carbonyl (C=O) groups is 1. The smallest absolute Gasteiger partial charge is 0.303 e. The second-order valence-corrected chi connectivity index (χ2v) is 7.33. The maximum atomic E-state index is 10.7. The monoisotopic (exact) mass is 429 g/mol. The Kier molecular flexibility index (Phi) is 8.48. The van der Waals surface area contributed by atoms with Crippen molar-refractivity contribution in [3.05, 3.63) is 65.4 Å². The summed E-state index contributed by atoms with van der Waals surface area (Å²) in [5, 5.41) is 9.89. The molecule has 6 heteroatoms. The number of carboxylic acids is 1. The lowest BCUT2D eigenvalue weighted by molar-refractivity contribution is -0.136. The molecule has 1 unspecified atom stereocenters. The van der Waals surface area contributed by atoms with Crippen LogP contribution in [0.3, 0.4) is 0 Å². The molecule has 1 aromatic heterocycles. The van der Waals surface area contributed by atoms with Gasteiger partial charge in [0.2, 0.25) is 0 Å². The molecule has 2 aromatic carbocycles. The number of halogens is 1. The summed E-state index contributed by atoms with van der Waals surface area (Å²) in [6.45, 7) is 6.51. The molecule has 0 fully saturated rings. The topological polar surface area (TPSA) is 68.7 Å². The van der Waals surface area contributed by atoms with E-state index in [1.807, 2.05) is 63.2 Å². The van der Waals surface area contributed by atoms with Crippen LogP contribution in [0.25, 0.3) is 10.9 Å². The fourth-order valence-corrected chi connectivity index (χ4v) is 3.21. The van der Waals surface area contributed by atoms with Crippen LogP contribution >= 0.6 is 12.4 Å². The first-order chi connectivity index (χ1) is 13.9. The Labute approximate surface area is 183 Å². The molecule has 0 amide bonds. The molecular weight excluding hydrogens is 402 g/mol.